The average molecular weight is 254 g/mol. The summed E-state index contributed by atoms with van der Waals surface area (Å²) in [7, 11) is 0. The molecule has 2 amide bonds. The van der Waals surface area contributed by atoms with Crippen LogP contribution < -0.4 is 10.6 Å². The summed E-state index contributed by atoms with van der Waals surface area (Å²) in [4.78, 5) is 21.7. The molecule has 0 saturated carbocycles. The number of carbonyl (C=O) groups is 2. The van der Waals surface area contributed by atoms with Crippen LogP contribution >= 0.6 is 0 Å². The number of nitrogens with one attached hydrogen (secondary N) is 2. The molecular weight excluding hydrogens is 232 g/mol. The van der Waals surface area contributed by atoms with Crippen LogP contribution in [0.15, 0.2) is 0 Å². The predicted molar refractivity (Wildman–Crippen MR) is 70.1 cm³/mol. The fourth-order valence-electron chi connectivity index (χ4n) is 1.58. The van der Waals surface area contributed by atoms with E-state index in [4.69, 9.17) is 11.5 Å². The highest BCUT2D eigenvalue weighted by Crippen LogP contribution is 2.14. The van der Waals surface area contributed by atoms with E-state index in [-0.39, 0.29) is 12.5 Å². The third kappa shape index (κ3) is 9.52. The van der Waals surface area contributed by atoms with Gasteiger partial charge in [0.15, 0.2) is 0 Å². The van der Waals surface area contributed by atoms with Crippen molar-refractivity contribution in [3.8, 4) is 12.3 Å². The van der Waals surface area contributed by atoms with Crippen molar-refractivity contribution in [2.24, 2.45) is 5.92 Å². The number of rotatable bonds is 9. The van der Waals surface area contributed by atoms with Crippen LogP contribution in [-0.2, 0) is 4.79 Å². The number of terminal acetylenes is 1. The number of carboxylic acids is 1. The normalized spacial score (nSPS) is 11.3. The minimum Gasteiger partial charge on any atom is -0.481 e. The van der Waals surface area contributed by atoms with E-state index in [9.17, 15) is 9.59 Å². The topological polar surface area (TPSA) is 78.4 Å². The Hall–Kier alpha value is -1.70. The molecule has 1 atom stereocenters. The Kier molecular flexibility index (Phi) is 9.47. The average Bonchev–Trinajstić information content (AvgIpc) is 2.33. The zero-order valence-corrected chi connectivity index (χ0v) is 10.9. The third-order valence-corrected chi connectivity index (χ3v) is 2.74. The van der Waals surface area contributed by atoms with Crippen molar-refractivity contribution in [1.29, 1.82) is 0 Å². The highest BCUT2D eigenvalue weighted by atomic mass is 16.4. The van der Waals surface area contributed by atoms with Crippen LogP contribution in [0.4, 0.5) is 4.79 Å². The molecule has 18 heavy (non-hydrogen) atoms. The molecule has 0 bridgehead atoms. The summed E-state index contributed by atoms with van der Waals surface area (Å²) >= 11 is 0. The van der Waals surface area contributed by atoms with Gasteiger partial charge in [-0.05, 0) is 18.8 Å². The van der Waals surface area contributed by atoms with Crippen LogP contribution in [0.2, 0.25) is 0 Å². The smallest absolute Gasteiger partial charge is 0.314 e. The van der Waals surface area contributed by atoms with Crippen LogP contribution in [0.3, 0.4) is 0 Å². The number of carbonyl (C=O) groups excluding carboxylic acids is 1. The zero-order chi connectivity index (χ0) is 13.8. The van der Waals surface area contributed by atoms with E-state index in [0.717, 1.165) is 12.8 Å². The summed E-state index contributed by atoms with van der Waals surface area (Å²) in [6.45, 7) is 3.05. The Morgan fingerprint density at radius 1 is 1.28 bits per heavy atom. The minimum atomic E-state index is -0.770. The van der Waals surface area contributed by atoms with Gasteiger partial charge >= 0.3 is 12.0 Å². The summed E-state index contributed by atoms with van der Waals surface area (Å²) < 4.78 is 0. The molecule has 3 N–H and O–H groups in total. The Morgan fingerprint density at radius 2 is 1.94 bits per heavy atom. The van der Waals surface area contributed by atoms with Gasteiger partial charge in [-0.25, -0.2) is 4.79 Å². The van der Waals surface area contributed by atoms with E-state index in [2.05, 4.69) is 16.6 Å². The largest absolute Gasteiger partial charge is 0.481 e. The highest BCUT2D eigenvalue weighted by Gasteiger charge is 2.09. The van der Waals surface area contributed by atoms with E-state index < -0.39 is 5.97 Å². The summed E-state index contributed by atoms with van der Waals surface area (Å²) in [5, 5.41) is 14.0. The Balaban J connectivity index is 3.63. The van der Waals surface area contributed by atoms with Crippen LogP contribution in [0.5, 0.6) is 0 Å². The molecule has 0 aliphatic heterocycles. The molecule has 0 saturated heterocycles. The Labute approximate surface area is 108 Å². The first kappa shape index (κ1) is 16.3. The summed E-state index contributed by atoms with van der Waals surface area (Å²) in [5.74, 6) is 2.01. The first-order valence-electron chi connectivity index (χ1n) is 6.27. The van der Waals surface area contributed by atoms with Gasteiger partial charge in [0.2, 0.25) is 0 Å². The van der Waals surface area contributed by atoms with Gasteiger partial charge in [-0.2, -0.15) is 0 Å². The molecule has 0 spiro atoms. The Bertz CT molecular complexity index is 297. The molecule has 0 heterocycles. The van der Waals surface area contributed by atoms with Gasteiger partial charge in [0, 0.05) is 25.9 Å². The highest BCUT2D eigenvalue weighted by molar-refractivity contribution is 5.73. The van der Waals surface area contributed by atoms with Crippen molar-refractivity contribution in [3.63, 3.8) is 0 Å². The minimum absolute atomic E-state index is 0.187. The first-order chi connectivity index (χ1) is 8.60. The number of hydrogen-bond acceptors (Lipinski definition) is 2. The monoisotopic (exact) mass is 254 g/mol. The maximum atomic E-state index is 11.3. The van der Waals surface area contributed by atoms with Crippen molar-refractivity contribution in [1.82, 2.24) is 10.6 Å². The van der Waals surface area contributed by atoms with Crippen LogP contribution in [0, 0.1) is 18.3 Å². The standard InChI is InChI=1S/C13H22N2O3/c1-3-5-9-14-13(18)15-10-8-11(4-2)6-7-12(16)17/h1,11H,4-10H2,2H3,(H,16,17)(H2,14,15,18). The van der Waals surface area contributed by atoms with Gasteiger partial charge in [0.25, 0.3) is 0 Å². The molecule has 0 aromatic rings. The molecule has 0 fully saturated rings. The summed E-state index contributed by atoms with van der Waals surface area (Å²) in [5.41, 5.74) is 0. The molecule has 0 aliphatic rings. The lowest BCUT2D eigenvalue weighted by atomic mass is 9.97. The molecule has 1 unspecified atom stereocenters. The van der Waals surface area contributed by atoms with Gasteiger partial charge in [0.05, 0.1) is 0 Å². The van der Waals surface area contributed by atoms with Crippen LogP contribution in [0.1, 0.15) is 39.0 Å². The van der Waals surface area contributed by atoms with E-state index in [0.29, 0.717) is 31.8 Å². The van der Waals surface area contributed by atoms with E-state index >= 15 is 0 Å². The van der Waals surface area contributed by atoms with Crippen molar-refractivity contribution in [2.75, 3.05) is 13.1 Å². The van der Waals surface area contributed by atoms with Crippen molar-refractivity contribution in [3.05, 3.63) is 0 Å². The van der Waals surface area contributed by atoms with Crippen molar-refractivity contribution >= 4 is 12.0 Å². The number of urea groups is 1. The predicted octanol–water partition coefficient (Wildman–Crippen LogP) is 1.59. The summed E-state index contributed by atoms with van der Waals surface area (Å²) in [6.07, 6.45) is 8.15. The lowest BCUT2D eigenvalue weighted by Crippen LogP contribution is -2.36. The zero-order valence-electron chi connectivity index (χ0n) is 10.9. The van der Waals surface area contributed by atoms with E-state index in [1.54, 1.807) is 0 Å². The molecule has 0 aromatic carbocycles. The molecular formula is C13H22N2O3. The molecule has 0 rings (SSSR count). The SMILES string of the molecule is C#CCCNC(=O)NCCC(CC)CCC(=O)O. The second-order valence-electron chi connectivity index (χ2n) is 4.13. The van der Waals surface area contributed by atoms with Crippen molar-refractivity contribution in [2.45, 2.75) is 39.0 Å². The number of carboxylic acid groups (broad SMARTS) is 1. The second-order valence-corrected chi connectivity index (χ2v) is 4.13. The first-order valence-corrected chi connectivity index (χ1v) is 6.27. The fourth-order valence-corrected chi connectivity index (χ4v) is 1.58. The van der Waals surface area contributed by atoms with Gasteiger partial charge in [0.1, 0.15) is 0 Å². The molecule has 0 aromatic heterocycles. The van der Waals surface area contributed by atoms with Gasteiger partial charge < -0.3 is 15.7 Å². The van der Waals surface area contributed by atoms with Crippen LogP contribution in [0.25, 0.3) is 0 Å². The van der Waals surface area contributed by atoms with E-state index in [1.807, 2.05) is 6.92 Å². The number of amides is 2. The summed E-state index contributed by atoms with van der Waals surface area (Å²) in [6, 6.07) is -0.224. The second kappa shape index (κ2) is 10.5. The van der Waals surface area contributed by atoms with E-state index in [1.165, 1.54) is 0 Å². The fraction of sp³-hybridized carbons (Fsp3) is 0.692. The number of hydrogen-bond donors (Lipinski definition) is 3. The third-order valence-electron chi connectivity index (χ3n) is 2.74. The maximum absolute atomic E-state index is 11.3. The number of aliphatic carboxylic acids is 1. The van der Waals surface area contributed by atoms with Gasteiger partial charge in [-0.3, -0.25) is 4.79 Å². The van der Waals surface area contributed by atoms with Crippen LogP contribution in [-0.4, -0.2) is 30.2 Å². The van der Waals surface area contributed by atoms with Crippen molar-refractivity contribution < 1.29 is 14.7 Å². The van der Waals surface area contributed by atoms with Gasteiger partial charge in [-0.1, -0.05) is 13.3 Å². The molecule has 102 valence electrons. The van der Waals surface area contributed by atoms with Gasteiger partial charge in [-0.15, -0.1) is 12.3 Å². The lowest BCUT2D eigenvalue weighted by Gasteiger charge is -2.14. The lowest BCUT2D eigenvalue weighted by molar-refractivity contribution is -0.137. The quantitative estimate of drug-likeness (QED) is 0.432. The Morgan fingerprint density at radius 3 is 2.50 bits per heavy atom. The molecule has 5 nitrogen and oxygen atoms in total. The molecule has 0 aliphatic carbocycles. The maximum Gasteiger partial charge on any atom is 0.314 e. The molecule has 0 radical (unpaired) electrons. The molecule has 5 heteroatoms.